The molecule has 0 aliphatic heterocycles. The van der Waals surface area contributed by atoms with Crippen LogP contribution >= 0.6 is 15.9 Å². The average molecular weight is 556 g/mol. The molecule has 1 spiro atoms. The number of nitrogens with one attached hydrogen (secondary N) is 1. The number of benzene rings is 1. The minimum Gasteiger partial charge on any atom is -0.381 e. The van der Waals surface area contributed by atoms with Gasteiger partial charge in [-0.2, -0.15) is 0 Å². The maximum atomic E-state index is 14.6. The largest absolute Gasteiger partial charge is 0.381 e. The molecule has 3 unspecified atom stereocenters. The number of amides is 1. The Morgan fingerprint density at radius 1 is 1.21 bits per heavy atom. The van der Waals surface area contributed by atoms with Crippen LogP contribution in [0.1, 0.15) is 72.4 Å². The first kappa shape index (κ1) is 27.8. The number of nitrogens with zero attached hydrogens (tertiary/aromatic N) is 1. The number of likely N-dealkylation sites (N-methyl/N-ethyl adjacent to an activating group) is 1. The molecule has 0 radical (unpaired) electrons. The molecule has 1 saturated carbocycles. The van der Waals surface area contributed by atoms with E-state index in [9.17, 15) is 9.00 Å². The highest BCUT2D eigenvalue weighted by molar-refractivity contribution is 9.10. The molecular formula is C27H43BrN2O3S. The average Bonchev–Trinajstić information content (AvgIpc) is 2.96. The second kappa shape index (κ2) is 10.3. The summed E-state index contributed by atoms with van der Waals surface area (Å²) >= 11 is 3.66. The highest BCUT2D eigenvalue weighted by Crippen LogP contribution is 2.61. The van der Waals surface area contributed by atoms with E-state index in [-0.39, 0.29) is 34.7 Å². The van der Waals surface area contributed by atoms with E-state index in [4.69, 9.17) is 4.74 Å². The van der Waals surface area contributed by atoms with E-state index >= 15 is 0 Å². The van der Waals surface area contributed by atoms with E-state index in [1.165, 1.54) is 5.56 Å². The van der Waals surface area contributed by atoms with Crippen molar-refractivity contribution in [1.29, 1.82) is 0 Å². The van der Waals surface area contributed by atoms with Gasteiger partial charge < -0.3 is 9.64 Å². The van der Waals surface area contributed by atoms with E-state index in [0.29, 0.717) is 18.8 Å². The van der Waals surface area contributed by atoms with Gasteiger partial charge in [0.2, 0.25) is 5.91 Å². The first-order chi connectivity index (χ1) is 15.8. The van der Waals surface area contributed by atoms with Crippen molar-refractivity contribution in [2.75, 3.05) is 26.0 Å². The highest BCUT2D eigenvalue weighted by atomic mass is 79.9. The molecule has 1 amide bonds. The third-order valence-electron chi connectivity index (χ3n) is 7.82. The fraction of sp³-hybridized carbons (Fsp3) is 0.741. The van der Waals surface area contributed by atoms with Gasteiger partial charge in [0.1, 0.15) is 5.54 Å². The number of ether oxygens (including phenoxy) is 1. The molecule has 1 aromatic carbocycles. The predicted molar refractivity (Wildman–Crippen MR) is 144 cm³/mol. The van der Waals surface area contributed by atoms with Crippen molar-refractivity contribution >= 4 is 32.8 Å². The number of carbonyl (C=O) groups excluding carboxylic acids is 1. The Hall–Kier alpha value is -0.760. The van der Waals surface area contributed by atoms with Gasteiger partial charge in [0.05, 0.1) is 17.1 Å². The van der Waals surface area contributed by atoms with Gasteiger partial charge in [-0.1, -0.05) is 56.6 Å². The second-order valence-corrected chi connectivity index (χ2v) is 13.8. The molecule has 1 fully saturated rings. The fourth-order valence-corrected chi connectivity index (χ4v) is 8.73. The first-order valence-electron chi connectivity index (χ1n) is 12.6. The molecule has 7 heteroatoms. The summed E-state index contributed by atoms with van der Waals surface area (Å²) in [6.07, 6.45) is 2.64. The van der Waals surface area contributed by atoms with Crippen LogP contribution in [0.2, 0.25) is 0 Å². The number of hydrogen-bond acceptors (Lipinski definition) is 3. The monoisotopic (exact) mass is 554 g/mol. The normalized spacial score (nSPS) is 32.0. The van der Waals surface area contributed by atoms with Gasteiger partial charge in [-0.05, 0) is 73.6 Å². The van der Waals surface area contributed by atoms with Crippen molar-refractivity contribution in [1.82, 2.24) is 9.62 Å². The standard InChI is InChI=1S/C27H43BrN2O3S/c1-9-30(10-2)24(31)27(29-34(32)17-25(5,6)7)22-13-21(28)12-11-20(22)16-26(27)14-18(3)23(33-8)19(4)15-26/h11-13,18-19,23,29H,9-10,14-17H2,1-8H3/t18-,19+,23?,26?,27-,34?/m1/s1. The van der Waals surface area contributed by atoms with E-state index in [1.807, 2.05) is 18.7 Å². The number of carbonyl (C=O) groups is 1. The van der Waals surface area contributed by atoms with Crippen LogP contribution < -0.4 is 4.72 Å². The van der Waals surface area contributed by atoms with Crippen LogP contribution in [0.25, 0.3) is 0 Å². The summed E-state index contributed by atoms with van der Waals surface area (Å²) in [5.74, 6) is 1.10. The Labute approximate surface area is 217 Å². The van der Waals surface area contributed by atoms with Crippen LogP contribution in [-0.2, 0) is 32.5 Å². The van der Waals surface area contributed by atoms with Crippen molar-refractivity contribution in [3.05, 3.63) is 33.8 Å². The summed E-state index contributed by atoms with van der Waals surface area (Å²) in [7, 11) is 0.414. The van der Waals surface area contributed by atoms with Crippen LogP contribution in [0.3, 0.4) is 0 Å². The summed E-state index contributed by atoms with van der Waals surface area (Å²) in [6, 6.07) is 6.29. The van der Waals surface area contributed by atoms with Crippen molar-refractivity contribution in [2.45, 2.75) is 79.4 Å². The zero-order valence-electron chi connectivity index (χ0n) is 22.2. The van der Waals surface area contributed by atoms with Crippen LogP contribution in [0.4, 0.5) is 0 Å². The number of methoxy groups -OCH3 is 1. The van der Waals surface area contributed by atoms with Gasteiger partial charge in [-0.25, -0.2) is 8.93 Å². The summed E-state index contributed by atoms with van der Waals surface area (Å²) in [6.45, 7) is 16.0. The maximum absolute atomic E-state index is 14.6. The van der Waals surface area contributed by atoms with E-state index in [1.54, 1.807) is 7.11 Å². The summed E-state index contributed by atoms with van der Waals surface area (Å²) in [5.41, 5.74) is 0.611. The summed E-state index contributed by atoms with van der Waals surface area (Å²) in [5, 5.41) is 0. The SMILES string of the molecule is CCN(CC)C(=O)[C@]1(NS(=O)CC(C)(C)C)c2cc(Br)ccc2CC12C[C@@H](C)C(OC)[C@@H](C)C2. The smallest absolute Gasteiger partial charge is 0.248 e. The van der Waals surface area contributed by atoms with Gasteiger partial charge in [0, 0.05) is 35.8 Å². The third kappa shape index (κ3) is 4.91. The zero-order valence-corrected chi connectivity index (χ0v) is 24.6. The lowest BCUT2D eigenvalue weighted by atomic mass is 9.56. The highest BCUT2D eigenvalue weighted by Gasteiger charge is 2.65. The van der Waals surface area contributed by atoms with Crippen molar-refractivity contribution in [3.8, 4) is 0 Å². The van der Waals surface area contributed by atoms with E-state index in [2.05, 4.69) is 73.5 Å². The predicted octanol–water partition coefficient (Wildman–Crippen LogP) is 5.44. The minimum absolute atomic E-state index is 0.0480. The van der Waals surface area contributed by atoms with E-state index in [0.717, 1.165) is 29.3 Å². The summed E-state index contributed by atoms with van der Waals surface area (Å²) in [4.78, 5) is 16.5. The van der Waals surface area contributed by atoms with Crippen LogP contribution in [-0.4, -0.2) is 47.1 Å². The molecule has 0 aromatic heterocycles. The second-order valence-electron chi connectivity index (χ2n) is 11.7. The molecule has 192 valence electrons. The number of rotatable bonds is 7. The lowest BCUT2D eigenvalue weighted by Gasteiger charge is -2.54. The molecule has 0 bridgehead atoms. The Morgan fingerprint density at radius 2 is 1.79 bits per heavy atom. The lowest BCUT2D eigenvalue weighted by Crippen LogP contribution is -2.66. The fourth-order valence-electron chi connectivity index (χ4n) is 6.76. The van der Waals surface area contributed by atoms with Gasteiger partial charge in [-0.15, -0.1) is 0 Å². The van der Waals surface area contributed by atoms with Crippen LogP contribution in [0.15, 0.2) is 22.7 Å². The lowest BCUT2D eigenvalue weighted by molar-refractivity contribution is -0.150. The van der Waals surface area contributed by atoms with Crippen molar-refractivity contribution in [2.24, 2.45) is 22.7 Å². The van der Waals surface area contributed by atoms with Crippen molar-refractivity contribution < 1.29 is 13.7 Å². The molecule has 6 atom stereocenters. The van der Waals surface area contributed by atoms with Gasteiger partial charge in [-0.3, -0.25) is 4.79 Å². The molecule has 0 heterocycles. The molecule has 1 N–H and O–H groups in total. The quantitative estimate of drug-likeness (QED) is 0.488. The van der Waals surface area contributed by atoms with Gasteiger partial charge in [0.15, 0.2) is 0 Å². The number of fused-ring (bicyclic) bond motifs is 1. The number of halogens is 1. The molecule has 34 heavy (non-hydrogen) atoms. The molecule has 5 nitrogen and oxygen atoms in total. The van der Waals surface area contributed by atoms with Gasteiger partial charge in [0.25, 0.3) is 0 Å². The molecule has 3 rings (SSSR count). The van der Waals surface area contributed by atoms with Crippen LogP contribution in [0.5, 0.6) is 0 Å². The Balaban J connectivity index is 2.27. The topological polar surface area (TPSA) is 58.6 Å². The first-order valence-corrected chi connectivity index (χ1v) is 14.7. The van der Waals surface area contributed by atoms with E-state index < -0.39 is 16.5 Å². The maximum Gasteiger partial charge on any atom is 0.248 e. The molecule has 2 aliphatic carbocycles. The van der Waals surface area contributed by atoms with Gasteiger partial charge >= 0.3 is 0 Å². The Morgan fingerprint density at radius 3 is 2.29 bits per heavy atom. The molecule has 0 saturated heterocycles. The van der Waals surface area contributed by atoms with Crippen LogP contribution in [0, 0.1) is 22.7 Å². The molecule has 2 aliphatic rings. The molecule has 1 aromatic rings. The number of hydrogen-bond donors (Lipinski definition) is 1. The zero-order chi connectivity index (χ0) is 25.5. The molecular weight excluding hydrogens is 512 g/mol. The minimum atomic E-state index is -1.38. The Kier molecular flexibility index (Phi) is 8.44. The summed E-state index contributed by atoms with van der Waals surface area (Å²) < 4.78 is 24.1. The van der Waals surface area contributed by atoms with Crippen molar-refractivity contribution in [3.63, 3.8) is 0 Å². The third-order valence-corrected chi connectivity index (χ3v) is 9.98. The Bertz CT molecular complexity index is 915.